The molecule has 208 valence electrons. The van der Waals surface area contributed by atoms with Crippen molar-refractivity contribution in [2.24, 2.45) is 10.7 Å². The molecular weight excluding hydrogens is 510 g/mol. The van der Waals surface area contributed by atoms with Gasteiger partial charge in [-0.15, -0.1) is 0 Å². The Morgan fingerprint density at radius 3 is 2.25 bits per heavy atom. The first kappa shape index (κ1) is 28.4. The Labute approximate surface area is 230 Å². The number of nitrogens with two attached hydrogens (primary N) is 1. The number of likely N-dealkylation sites (N-methyl/N-ethyl adjacent to an activating group) is 1. The number of carbonyl (C=O) groups excluding carboxylic acids is 1. The number of para-hydroxylation sites is 1. The Kier molecular flexibility index (Phi) is 8.29. The minimum atomic E-state index is -1.35. The van der Waals surface area contributed by atoms with Gasteiger partial charge in [0.1, 0.15) is 5.84 Å². The van der Waals surface area contributed by atoms with Crippen LogP contribution in [0.1, 0.15) is 58.2 Å². The number of hydrogen-bond acceptors (Lipinski definition) is 6. The third-order valence-electron chi connectivity index (χ3n) is 7.30. The predicted octanol–water partition coefficient (Wildman–Crippen LogP) is 3.35. The Balaban J connectivity index is 2.03. The van der Waals surface area contributed by atoms with E-state index in [2.05, 4.69) is 20.2 Å². The zero-order valence-electron chi connectivity index (χ0n) is 23.1. The van der Waals surface area contributed by atoms with Crippen LogP contribution in [0, 0.1) is 6.92 Å². The SMILES string of the molecule is CCc1cccc(C)c1NC(=O)c1cc(C(=O)O)c(C(N)=NCCN(CC)CC)c2c3ccc(c(=O)[nH]c3=O)c12. The zero-order valence-corrected chi connectivity index (χ0v) is 23.1. The fourth-order valence-corrected chi connectivity index (χ4v) is 5.11. The maximum Gasteiger partial charge on any atom is 0.336 e. The van der Waals surface area contributed by atoms with E-state index in [1.807, 2.05) is 45.9 Å². The lowest BCUT2D eigenvalue weighted by Gasteiger charge is -2.18. The number of carboxylic acid groups (broad SMARTS) is 1. The van der Waals surface area contributed by atoms with Crippen molar-refractivity contribution in [3.05, 3.63) is 84.9 Å². The topological polar surface area (TPSA) is 158 Å². The molecule has 0 unspecified atom stereocenters. The molecule has 2 heterocycles. The van der Waals surface area contributed by atoms with Crippen LogP contribution in [0.25, 0.3) is 21.5 Å². The number of nitrogens with one attached hydrogen (secondary N) is 2. The number of anilines is 1. The maximum absolute atomic E-state index is 13.8. The molecule has 0 aliphatic heterocycles. The lowest BCUT2D eigenvalue weighted by molar-refractivity contribution is 0.0697. The summed E-state index contributed by atoms with van der Waals surface area (Å²) in [5, 5.41) is 13.5. The molecule has 0 saturated carbocycles. The standard InChI is InChI=1S/C30H33N5O5/c1-5-17-10-8-9-16(4)25(17)33-29(38)20-15-21(30(39)40)24(26(31)32-13-14-35(6-2)7-3)23-19-12-11-18(22(20)23)27(36)34-28(19)37/h8-12,15H,5-7,13-14H2,1-4H3,(H2,31,32)(H,33,38)(H,39,40)(H,34,36,37). The van der Waals surface area contributed by atoms with Crippen LogP contribution < -0.4 is 22.2 Å². The van der Waals surface area contributed by atoms with Crippen LogP contribution in [0.3, 0.4) is 0 Å². The lowest BCUT2D eigenvalue weighted by atomic mass is 9.90. The van der Waals surface area contributed by atoms with Gasteiger partial charge in [0, 0.05) is 44.9 Å². The number of nitrogens with zero attached hydrogens (tertiary/aromatic N) is 2. The van der Waals surface area contributed by atoms with Gasteiger partial charge in [0.2, 0.25) is 0 Å². The van der Waals surface area contributed by atoms with Crippen LogP contribution in [0.15, 0.2) is 51.0 Å². The summed E-state index contributed by atoms with van der Waals surface area (Å²) in [5.41, 5.74) is 6.99. The highest BCUT2D eigenvalue weighted by Gasteiger charge is 2.27. The summed E-state index contributed by atoms with van der Waals surface area (Å²) >= 11 is 0. The van der Waals surface area contributed by atoms with E-state index in [9.17, 15) is 24.3 Å². The quantitative estimate of drug-likeness (QED) is 0.176. The van der Waals surface area contributed by atoms with Gasteiger partial charge in [0.25, 0.3) is 17.0 Å². The second-order valence-electron chi connectivity index (χ2n) is 9.56. The van der Waals surface area contributed by atoms with Crippen molar-refractivity contribution >= 4 is 44.9 Å². The number of amidine groups is 1. The summed E-state index contributed by atoms with van der Waals surface area (Å²) < 4.78 is 0. The second kappa shape index (κ2) is 11.7. The number of aliphatic imine (C=N–C) groups is 1. The fourth-order valence-electron chi connectivity index (χ4n) is 5.11. The normalized spacial score (nSPS) is 12.0. The van der Waals surface area contributed by atoms with Gasteiger partial charge < -0.3 is 21.1 Å². The predicted molar refractivity (Wildman–Crippen MR) is 158 cm³/mol. The Morgan fingerprint density at radius 2 is 1.65 bits per heavy atom. The molecule has 1 amide bonds. The number of aromatic nitrogens is 1. The van der Waals surface area contributed by atoms with E-state index in [0.29, 0.717) is 25.2 Å². The molecule has 0 atom stereocenters. The first-order valence-corrected chi connectivity index (χ1v) is 13.3. The fraction of sp³-hybridized carbons (Fsp3) is 0.300. The molecule has 5 rings (SSSR count). The van der Waals surface area contributed by atoms with Crippen molar-refractivity contribution in [3.63, 3.8) is 0 Å². The molecule has 0 radical (unpaired) electrons. The molecule has 3 aromatic carbocycles. The largest absolute Gasteiger partial charge is 0.478 e. The van der Waals surface area contributed by atoms with Crippen molar-refractivity contribution in [1.29, 1.82) is 0 Å². The number of hydrogen-bond donors (Lipinski definition) is 4. The van der Waals surface area contributed by atoms with Gasteiger partial charge in [-0.2, -0.15) is 0 Å². The van der Waals surface area contributed by atoms with Gasteiger partial charge in [0.05, 0.1) is 12.1 Å². The maximum atomic E-state index is 13.8. The van der Waals surface area contributed by atoms with Gasteiger partial charge in [-0.3, -0.25) is 24.4 Å². The highest BCUT2D eigenvalue weighted by atomic mass is 16.4. The van der Waals surface area contributed by atoms with Gasteiger partial charge in [-0.05, 0) is 55.8 Å². The summed E-state index contributed by atoms with van der Waals surface area (Å²) in [4.78, 5) is 61.3. The molecule has 0 fully saturated rings. The van der Waals surface area contributed by atoms with Crippen molar-refractivity contribution in [2.75, 3.05) is 31.5 Å². The monoisotopic (exact) mass is 543 g/mol. The third-order valence-corrected chi connectivity index (χ3v) is 7.30. The number of aromatic carboxylic acids is 1. The van der Waals surface area contributed by atoms with E-state index in [0.717, 1.165) is 24.2 Å². The molecule has 10 nitrogen and oxygen atoms in total. The molecule has 2 aromatic heterocycles. The van der Waals surface area contributed by atoms with Crippen molar-refractivity contribution in [1.82, 2.24) is 9.88 Å². The number of amides is 1. The van der Waals surface area contributed by atoms with E-state index >= 15 is 0 Å². The average Bonchev–Trinajstić information content (AvgIpc) is 3.14. The van der Waals surface area contributed by atoms with Crippen LogP contribution in [-0.2, 0) is 6.42 Å². The molecule has 2 bridgehead atoms. The molecular formula is C30H33N5O5. The summed E-state index contributed by atoms with van der Waals surface area (Å²) in [6.07, 6.45) is 0.657. The highest BCUT2D eigenvalue weighted by molar-refractivity contribution is 6.28. The van der Waals surface area contributed by atoms with Crippen molar-refractivity contribution in [3.8, 4) is 0 Å². The number of aromatic amines is 1. The molecule has 10 heteroatoms. The molecule has 40 heavy (non-hydrogen) atoms. The zero-order chi connectivity index (χ0) is 29.1. The van der Waals surface area contributed by atoms with Crippen molar-refractivity contribution in [2.45, 2.75) is 34.1 Å². The molecule has 0 spiro atoms. The molecule has 0 saturated heterocycles. The molecule has 5 aromatic rings. The molecule has 0 aliphatic carbocycles. The number of rotatable bonds is 10. The average molecular weight is 544 g/mol. The number of aryl methyl sites for hydroxylation is 2. The van der Waals surface area contributed by atoms with Crippen LogP contribution in [0.2, 0.25) is 0 Å². The van der Waals surface area contributed by atoms with Crippen LogP contribution >= 0.6 is 0 Å². The van der Waals surface area contributed by atoms with E-state index in [1.165, 1.54) is 18.2 Å². The second-order valence-corrected chi connectivity index (χ2v) is 9.56. The van der Waals surface area contributed by atoms with E-state index in [4.69, 9.17) is 5.73 Å². The Hall–Kier alpha value is -4.57. The number of benzene rings is 3. The molecule has 0 aliphatic rings. The Morgan fingerprint density at radius 1 is 1.00 bits per heavy atom. The van der Waals surface area contributed by atoms with E-state index < -0.39 is 23.0 Å². The number of fused-ring (bicyclic) bond motifs is 3. The first-order chi connectivity index (χ1) is 19.1. The Bertz CT molecular complexity index is 1750. The van der Waals surface area contributed by atoms with Crippen LogP contribution in [0.5, 0.6) is 0 Å². The van der Waals surface area contributed by atoms with Gasteiger partial charge in [-0.1, -0.05) is 39.0 Å². The minimum absolute atomic E-state index is 0.00503. The van der Waals surface area contributed by atoms with Gasteiger partial charge in [-0.25, -0.2) is 4.79 Å². The lowest BCUT2D eigenvalue weighted by Crippen LogP contribution is -2.27. The van der Waals surface area contributed by atoms with Crippen LogP contribution in [-0.4, -0.2) is 58.9 Å². The summed E-state index contributed by atoms with van der Waals surface area (Å²) in [6.45, 7) is 10.4. The van der Waals surface area contributed by atoms with Crippen molar-refractivity contribution < 1.29 is 14.7 Å². The van der Waals surface area contributed by atoms with Gasteiger partial charge >= 0.3 is 5.97 Å². The summed E-state index contributed by atoms with van der Waals surface area (Å²) in [5.74, 6) is -2.05. The minimum Gasteiger partial charge on any atom is -0.478 e. The smallest absolute Gasteiger partial charge is 0.336 e. The van der Waals surface area contributed by atoms with Gasteiger partial charge in [0.15, 0.2) is 0 Å². The van der Waals surface area contributed by atoms with E-state index in [-0.39, 0.29) is 44.1 Å². The number of carbonyl (C=O) groups is 2. The highest BCUT2D eigenvalue weighted by Crippen LogP contribution is 2.33. The number of H-pyrrole nitrogens is 1. The van der Waals surface area contributed by atoms with E-state index in [1.54, 1.807) is 0 Å². The summed E-state index contributed by atoms with van der Waals surface area (Å²) in [7, 11) is 0. The molecule has 5 N–H and O–H groups in total. The summed E-state index contributed by atoms with van der Waals surface area (Å²) in [6, 6.07) is 9.75. The number of carboxylic acids is 1. The first-order valence-electron chi connectivity index (χ1n) is 13.3. The van der Waals surface area contributed by atoms with Crippen LogP contribution in [0.4, 0.5) is 5.69 Å². The third kappa shape index (κ3) is 5.17.